The normalized spacial score (nSPS) is 9.40. The maximum atomic E-state index is 5.45. The number of hydrogen-bond acceptors (Lipinski definition) is 3. The third kappa shape index (κ3) is 1.26. The van der Waals surface area contributed by atoms with E-state index in [0.717, 1.165) is 0 Å². The van der Waals surface area contributed by atoms with Gasteiger partial charge in [-0.3, -0.25) is 0 Å². The predicted octanol–water partition coefficient (Wildman–Crippen LogP) is -0.413. The molecule has 0 spiro atoms. The van der Waals surface area contributed by atoms with E-state index in [0.29, 0.717) is 17.2 Å². The van der Waals surface area contributed by atoms with Crippen molar-refractivity contribution >= 4 is 13.3 Å². The SMILES string of the molecule is [B]c1cnc(C)nc1OC. The molecule has 0 aliphatic carbocycles. The lowest BCUT2D eigenvalue weighted by atomic mass is 10.00. The van der Waals surface area contributed by atoms with Crippen LogP contribution in [0.4, 0.5) is 0 Å². The van der Waals surface area contributed by atoms with E-state index in [1.807, 2.05) is 0 Å². The third-order valence-corrected chi connectivity index (χ3v) is 1.09. The van der Waals surface area contributed by atoms with Crippen molar-refractivity contribution in [2.75, 3.05) is 7.11 Å². The Kier molecular flexibility index (Phi) is 1.90. The Balaban J connectivity index is 3.09. The Morgan fingerprint density at radius 1 is 1.60 bits per heavy atom. The number of aromatic nitrogens is 2. The highest BCUT2D eigenvalue weighted by Crippen LogP contribution is 1.97. The summed E-state index contributed by atoms with van der Waals surface area (Å²) in [6, 6.07) is 0. The van der Waals surface area contributed by atoms with Crippen molar-refractivity contribution in [3.8, 4) is 5.88 Å². The minimum absolute atomic E-state index is 0.438. The number of aryl methyl sites for hydroxylation is 1. The van der Waals surface area contributed by atoms with Crippen LogP contribution in [0.5, 0.6) is 5.88 Å². The molecular formula is C6H7BN2O. The van der Waals surface area contributed by atoms with E-state index in [1.165, 1.54) is 13.3 Å². The molecule has 3 nitrogen and oxygen atoms in total. The van der Waals surface area contributed by atoms with Crippen LogP contribution in [0.1, 0.15) is 5.82 Å². The van der Waals surface area contributed by atoms with Crippen LogP contribution < -0.4 is 10.2 Å². The van der Waals surface area contributed by atoms with Gasteiger partial charge in [0.25, 0.3) is 0 Å². The molecule has 0 unspecified atom stereocenters. The van der Waals surface area contributed by atoms with Crippen molar-refractivity contribution in [3.05, 3.63) is 12.0 Å². The van der Waals surface area contributed by atoms with Crippen molar-refractivity contribution in [3.63, 3.8) is 0 Å². The Hall–Kier alpha value is -1.06. The number of hydrogen-bond donors (Lipinski definition) is 0. The molecule has 1 aromatic heterocycles. The van der Waals surface area contributed by atoms with Gasteiger partial charge in [0.1, 0.15) is 13.7 Å². The second-order valence-electron chi connectivity index (χ2n) is 1.88. The number of methoxy groups -OCH3 is 1. The van der Waals surface area contributed by atoms with E-state index in [2.05, 4.69) is 9.97 Å². The minimum Gasteiger partial charge on any atom is -0.481 e. The lowest BCUT2D eigenvalue weighted by Gasteiger charge is -2.01. The predicted molar refractivity (Wildman–Crippen MR) is 38.7 cm³/mol. The topological polar surface area (TPSA) is 35.0 Å². The van der Waals surface area contributed by atoms with Gasteiger partial charge in [-0.15, -0.1) is 0 Å². The average molecular weight is 134 g/mol. The second kappa shape index (κ2) is 2.69. The Morgan fingerprint density at radius 2 is 2.30 bits per heavy atom. The van der Waals surface area contributed by atoms with Gasteiger partial charge in [0.2, 0.25) is 5.88 Å². The van der Waals surface area contributed by atoms with E-state index in [9.17, 15) is 0 Å². The smallest absolute Gasteiger partial charge is 0.208 e. The van der Waals surface area contributed by atoms with Crippen molar-refractivity contribution < 1.29 is 4.74 Å². The van der Waals surface area contributed by atoms with Crippen LogP contribution in [0.3, 0.4) is 0 Å². The molecule has 0 bridgehead atoms. The molecular weight excluding hydrogens is 127 g/mol. The molecule has 0 atom stereocenters. The zero-order chi connectivity index (χ0) is 7.56. The fraction of sp³-hybridized carbons (Fsp3) is 0.333. The van der Waals surface area contributed by atoms with Crippen LogP contribution in [-0.2, 0) is 0 Å². The van der Waals surface area contributed by atoms with Gasteiger partial charge in [-0.05, 0) is 12.4 Å². The summed E-state index contributed by atoms with van der Waals surface area (Å²) in [4.78, 5) is 7.80. The highest BCUT2D eigenvalue weighted by atomic mass is 16.5. The first-order valence-corrected chi connectivity index (χ1v) is 2.87. The van der Waals surface area contributed by atoms with E-state index < -0.39 is 0 Å². The zero-order valence-electron chi connectivity index (χ0n) is 5.96. The van der Waals surface area contributed by atoms with Crippen LogP contribution in [0, 0.1) is 6.92 Å². The van der Waals surface area contributed by atoms with Crippen LogP contribution in [0.2, 0.25) is 0 Å². The number of ether oxygens (including phenoxy) is 1. The van der Waals surface area contributed by atoms with Gasteiger partial charge in [0.15, 0.2) is 0 Å². The first-order valence-electron chi connectivity index (χ1n) is 2.87. The van der Waals surface area contributed by atoms with Crippen LogP contribution in [0.25, 0.3) is 0 Å². The molecule has 2 radical (unpaired) electrons. The molecule has 1 rings (SSSR count). The molecule has 50 valence electrons. The van der Waals surface area contributed by atoms with Crippen LogP contribution in [-0.4, -0.2) is 24.9 Å². The van der Waals surface area contributed by atoms with Gasteiger partial charge in [0, 0.05) is 6.20 Å². The molecule has 0 saturated carbocycles. The monoisotopic (exact) mass is 134 g/mol. The first-order chi connectivity index (χ1) is 4.74. The summed E-state index contributed by atoms with van der Waals surface area (Å²) in [6.07, 6.45) is 1.53. The maximum absolute atomic E-state index is 5.45. The lowest BCUT2D eigenvalue weighted by Crippen LogP contribution is -2.11. The minimum atomic E-state index is 0.438. The van der Waals surface area contributed by atoms with E-state index in [4.69, 9.17) is 12.6 Å². The zero-order valence-corrected chi connectivity index (χ0v) is 5.96. The van der Waals surface area contributed by atoms with Gasteiger partial charge in [0.05, 0.1) is 7.11 Å². The average Bonchev–Trinajstić information content (AvgIpc) is 1.94. The fourth-order valence-electron chi connectivity index (χ4n) is 0.622. The molecule has 0 aliphatic rings. The maximum Gasteiger partial charge on any atom is 0.208 e. The number of nitrogens with zero attached hydrogens (tertiary/aromatic N) is 2. The van der Waals surface area contributed by atoms with Gasteiger partial charge >= 0.3 is 0 Å². The standard InChI is InChI=1S/C6H7BN2O/c1-4-8-3-5(7)6(9-4)10-2/h3H,1-2H3. The third-order valence-electron chi connectivity index (χ3n) is 1.09. The highest BCUT2D eigenvalue weighted by molar-refractivity contribution is 6.33. The molecule has 0 aromatic carbocycles. The molecule has 0 saturated heterocycles. The molecule has 1 heterocycles. The molecule has 1 aromatic rings. The summed E-state index contributed by atoms with van der Waals surface area (Å²) in [7, 11) is 6.98. The van der Waals surface area contributed by atoms with Gasteiger partial charge in [-0.25, -0.2) is 4.98 Å². The largest absolute Gasteiger partial charge is 0.481 e. The van der Waals surface area contributed by atoms with Crippen molar-refractivity contribution in [1.82, 2.24) is 9.97 Å². The Labute approximate surface area is 60.9 Å². The molecule has 10 heavy (non-hydrogen) atoms. The molecule has 0 amide bonds. The van der Waals surface area contributed by atoms with Crippen LogP contribution in [0.15, 0.2) is 6.20 Å². The van der Waals surface area contributed by atoms with Crippen LogP contribution >= 0.6 is 0 Å². The quantitative estimate of drug-likeness (QED) is 0.489. The van der Waals surface area contributed by atoms with Gasteiger partial charge in [-0.2, -0.15) is 4.98 Å². The van der Waals surface area contributed by atoms with E-state index in [1.54, 1.807) is 6.92 Å². The Bertz CT molecular complexity index is 239. The molecule has 0 fully saturated rings. The summed E-state index contributed by atoms with van der Waals surface area (Å²) >= 11 is 0. The molecule has 0 N–H and O–H groups in total. The summed E-state index contributed by atoms with van der Waals surface area (Å²) in [5, 5.41) is 0. The second-order valence-corrected chi connectivity index (χ2v) is 1.88. The highest BCUT2D eigenvalue weighted by Gasteiger charge is 1.97. The molecule has 0 aliphatic heterocycles. The summed E-state index contributed by atoms with van der Waals surface area (Å²) in [5.41, 5.74) is 0.466. The molecule has 4 heteroatoms. The number of rotatable bonds is 1. The Morgan fingerprint density at radius 3 is 2.80 bits per heavy atom. The summed E-state index contributed by atoms with van der Waals surface area (Å²) in [6.45, 7) is 1.78. The lowest BCUT2D eigenvalue weighted by molar-refractivity contribution is 0.399. The van der Waals surface area contributed by atoms with E-state index >= 15 is 0 Å². The summed E-state index contributed by atoms with van der Waals surface area (Å²) < 4.78 is 4.85. The fourth-order valence-corrected chi connectivity index (χ4v) is 0.622. The van der Waals surface area contributed by atoms with Crippen molar-refractivity contribution in [1.29, 1.82) is 0 Å². The van der Waals surface area contributed by atoms with Crippen molar-refractivity contribution in [2.45, 2.75) is 6.92 Å². The first kappa shape index (κ1) is 7.06. The summed E-state index contributed by atoms with van der Waals surface area (Å²) in [5.74, 6) is 1.10. The van der Waals surface area contributed by atoms with Gasteiger partial charge in [-0.1, -0.05) is 0 Å². The van der Waals surface area contributed by atoms with Gasteiger partial charge < -0.3 is 4.74 Å². The van der Waals surface area contributed by atoms with Crippen molar-refractivity contribution in [2.24, 2.45) is 0 Å². The van der Waals surface area contributed by atoms with E-state index in [-0.39, 0.29) is 0 Å².